The molecule has 0 bridgehead atoms. The molecule has 1 fully saturated rings. The Labute approximate surface area is 123 Å². The third kappa shape index (κ3) is 5.63. The van der Waals surface area contributed by atoms with E-state index in [0.29, 0.717) is 0 Å². The molecule has 114 valence electrons. The Bertz CT molecular complexity index is 330. The molecule has 0 radical (unpaired) electrons. The summed E-state index contributed by atoms with van der Waals surface area (Å²) in [4.78, 5) is 6.63. The van der Waals surface area contributed by atoms with Crippen molar-refractivity contribution < 1.29 is 0 Å². The molecule has 0 saturated heterocycles. The molecule has 1 saturated carbocycles. The molecule has 20 heavy (non-hydrogen) atoms. The van der Waals surface area contributed by atoms with Crippen LogP contribution in [0.15, 0.2) is 18.7 Å². The van der Waals surface area contributed by atoms with Gasteiger partial charge in [0.1, 0.15) is 0 Å². The molecule has 0 aromatic carbocycles. The van der Waals surface area contributed by atoms with Crippen molar-refractivity contribution in [3.8, 4) is 0 Å². The van der Waals surface area contributed by atoms with Crippen LogP contribution in [0.4, 0.5) is 0 Å². The molecule has 0 aliphatic heterocycles. The highest BCUT2D eigenvalue weighted by atomic mass is 15.1. The molecule has 2 rings (SSSR count). The molecule has 1 aromatic heterocycles. The third-order valence-corrected chi connectivity index (χ3v) is 4.39. The maximum absolute atomic E-state index is 4.05. The lowest BCUT2D eigenvalue weighted by molar-refractivity contribution is 0.189. The summed E-state index contributed by atoms with van der Waals surface area (Å²) in [5.41, 5.74) is 0. The van der Waals surface area contributed by atoms with E-state index in [1.165, 1.54) is 51.5 Å². The van der Waals surface area contributed by atoms with Gasteiger partial charge in [-0.3, -0.25) is 0 Å². The van der Waals surface area contributed by atoms with Crippen LogP contribution in [0.3, 0.4) is 0 Å². The first-order valence-corrected chi connectivity index (χ1v) is 8.23. The van der Waals surface area contributed by atoms with Gasteiger partial charge in [0.05, 0.1) is 6.33 Å². The van der Waals surface area contributed by atoms with Gasteiger partial charge < -0.3 is 14.8 Å². The average Bonchev–Trinajstić information content (AvgIpc) is 3.00. The first-order chi connectivity index (χ1) is 9.86. The number of imidazole rings is 1. The minimum absolute atomic E-state index is 0.852. The van der Waals surface area contributed by atoms with Gasteiger partial charge in [0.25, 0.3) is 0 Å². The molecular weight excluding hydrogens is 248 g/mol. The predicted octanol–water partition coefficient (Wildman–Crippen LogP) is 2.52. The molecule has 0 atom stereocenters. The van der Waals surface area contributed by atoms with Crippen molar-refractivity contribution in [3.05, 3.63) is 18.7 Å². The molecule has 0 amide bonds. The summed E-state index contributed by atoms with van der Waals surface area (Å²) in [5, 5.41) is 3.55. The number of rotatable bonds is 9. The number of nitrogens with zero attached hydrogens (tertiary/aromatic N) is 3. The molecule has 1 aromatic rings. The van der Waals surface area contributed by atoms with Crippen LogP contribution >= 0.6 is 0 Å². The van der Waals surface area contributed by atoms with Crippen LogP contribution in [0, 0.1) is 0 Å². The van der Waals surface area contributed by atoms with Crippen molar-refractivity contribution in [2.45, 2.75) is 57.5 Å². The molecule has 0 spiro atoms. The first-order valence-electron chi connectivity index (χ1n) is 8.23. The van der Waals surface area contributed by atoms with Gasteiger partial charge in [0.2, 0.25) is 0 Å². The van der Waals surface area contributed by atoms with E-state index in [4.69, 9.17) is 0 Å². The maximum Gasteiger partial charge on any atom is 0.0945 e. The highest BCUT2D eigenvalue weighted by molar-refractivity contribution is 4.74. The van der Waals surface area contributed by atoms with Gasteiger partial charge in [0.15, 0.2) is 0 Å². The largest absolute Gasteiger partial charge is 0.337 e. The highest BCUT2D eigenvalue weighted by Gasteiger charge is 2.16. The summed E-state index contributed by atoms with van der Waals surface area (Å²) in [6.45, 7) is 4.54. The van der Waals surface area contributed by atoms with E-state index in [2.05, 4.69) is 26.8 Å². The first kappa shape index (κ1) is 15.5. The van der Waals surface area contributed by atoms with Crippen molar-refractivity contribution in [2.75, 3.05) is 26.7 Å². The highest BCUT2D eigenvalue weighted by Crippen LogP contribution is 2.21. The zero-order valence-electron chi connectivity index (χ0n) is 12.9. The minimum Gasteiger partial charge on any atom is -0.337 e. The Balaban J connectivity index is 1.43. The Morgan fingerprint density at radius 1 is 1.20 bits per heavy atom. The van der Waals surface area contributed by atoms with E-state index in [0.717, 1.165) is 25.7 Å². The Morgan fingerprint density at radius 2 is 2.00 bits per heavy atom. The summed E-state index contributed by atoms with van der Waals surface area (Å²) in [6, 6.07) is 0.852. The molecule has 1 heterocycles. The third-order valence-electron chi connectivity index (χ3n) is 4.39. The standard InChI is InChI=1S/C16H30N4/c1-19(16-7-3-2-4-8-16)12-5-9-17-10-6-13-20-14-11-18-15-20/h11,14-17H,2-10,12-13H2,1H3. The number of nitrogens with one attached hydrogen (secondary N) is 1. The molecule has 1 aliphatic carbocycles. The second-order valence-corrected chi connectivity index (χ2v) is 6.03. The van der Waals surface area contributed by atoms with E-state index in [-0.39, 0.29) is 0 Å². The quantitative estimate of drug-likeness (QED) is 0.705. The lowest BCUT2D eigenvalue weighted by Gasteiger charge is -2.31. The lowest BCUT2D eigenvalue weighted by Crippen LogP contribution is -2.35. The number of aryl methyl sites for hydroxylation is 1. The molecule has 4 heteroatoms. The summed E-state index contributed by atoms with van der Waals surface area (Å²) in [5.74, 6) is 0. The normalized spacial score (nSPS) is 16.9. The van der Waals surface area contributed by atoms with Gasteiger partial charge in [-0.15, -0.1) is 0 Å². The van der Waals surface area contributed by atoms with Crippen LogP contribution < -0.4 is 5.32 Å². The number of hydrogen-bond donors (Lipinski definition) is 1. The summed E-state index contributed by atoms with van der Waals surface area (Å²) < 4.78 is 2.14. The molecule has 4 nitrogen and oxygen atoms in total. The Morgan fingerprint density at radius 3 is 2.75 bits per heavy atom. The lowest BCUT2D eigenvalue weighted by atomic mass is 9.94. The van der Waals surface area contributed by atoms with Gasteiger partial charge in [-0.05, 0) is 52.4 Å². The van der Waals surface area contributed by atoms with E-state index in [1.807, 2.05) is 18.7 Å². The maximum atomic E-state index is 4.05. The topological polar surface area (TPSA) is 33.1 Å². The van der Waals surface area contributed by atoms with Crippen molar-refractivity contribution >= 4 is 0 Å². The van der Waals surface area contributed by atoms with Crippen LogP contribution in [-0.2, 0) is 6.54 Å². The average molecular weight is 278 g/mol. The number of aromatic nitrogens is 2. The second kappa shape index (κ2) is 9.14. The summed E-state index contributed by atoms with van der Waals surface area (Å²) in [7, 11) is 2.30. The smallest absolute Gasteiger partial charge is 0.0945 e. The molecule has 1 aliphatic rings. The Hall–Kier alpha value is -0.870. The van der Waals surface area contributed by atoms with Crippen molar-refractivity contribution in [1.82, 2.24) is 19.8 Å². The van der Waals surface area contributed by atoms with Crippen LogP contribution in [-0.4, -0.2) is 47.2 Å². The van der Waals surface area contributed by atoms with Crippen LogP contribution in [0.2, 0.25) is 0 Å². The van der Waals surface area contributed by atoms with Gasteiger partial charge in [0, 0.05) is 25.0 Å². The zero-order chi connectivity index (χ0) is 14.0. The van der Waals surface area contributed by atoms with Crippen molar-refractivity contribution in [2.24, 2.45) is 0 Å². The number of hydrogen-bond acceptors (Lipinski definition) is 3. The van der Waals surface area contributed by atoms with Gasteiger partial charge in [-0.25, -0.2) is 4.98 Å². The van der Waals surface area contributed by atoms with E-state index in [1.54, 1.807) is 0 Å². The summed E-state index contributed by atoms with van der Waals surface area (Å²) in [6.07, 6.45) is 15.3. The van der Waals surface area contributed by atoms with E-state index >= 15 is 0 Å². The zero-order valence-corrected chi connectivity index (χ0v) is 12.9. The minimum atomic E-state index is 0.852. The SMILES string of the molecule is CN(CCCNCCCn1ccnc1)C1CCCCC1. The fraction of sp³-hybridized carbons (Fsp3) is 0.812. The van der Waals surface area contributed by atoms with Crippen LogP contribution in [0.1, 0.15) is 44.9 Å². The summed E-state index contributed by atoms with van der Waals surface area (Å²) >= 11 is 0. The fourth-order valence-corrected chi connectivity index (χ4v) is 3.09. The predicted molar refractivity (Wildman–Crippen MR) is 83.8 cm³/mol. The molecule has 1 N–H and O–H groups in total. The van der Waals surface area contributed by atoms with Gasteiger partial charge >= 0.3 is 0 Å². The fourth-order valence-electron chi connectivity index (χ4n) is 3.09. The van der Waals surface area contributed by atoms with Crippen molar-refractivity contribution in [1.29, 1.82) is 0 Å². The van der Waals surface area contributed by atoms with Crippen LogP contribution in [0.5, 0.6) is 0 Å². The van der Waals surface area contributed by atoms with E-state index < -0.39 is 0 Å². The second-order valence-electron chi connectivity index (χ2n) is 6.03. The van der Waals surface area contributed by atoms with Gasteiger partial charge in [-0.2, -0.15) is 0 Å². The van der Waals surface area contributed by atoms with Crippen LogP contribution in [0.25, 0.3) is 0 Å². The monoisotopic (exact) mass is 278 g/mol. The van der Waals surface area contributed by atoms with Gasteiger partial charge in [-0.1, -0.05) is 19.3 Å². The molecular formula is C16H30N4. The Kier molecular flexibility index (Phi) is 7.09. The van der Waals surface area contributed by atoms with E-state index in [9.17, 15) is 0 Å². The molecule has 0 unspecified atom stereocenters. The van der Waals surface area contributed by atoms with Crippen molar-refractivity contribution in [3.63, 3.8) is 0 Å².